The standard InChI is InChI=1S/C26H32N6O4S2/c1-7-31(8-2)25(35)21-15(5)17(13-27)23(37-21)29-19(33)11-12-20(34)30-24-18(14-28)16(6)22(38-24)26(36)32(9-3)10-4/h7-12H2,1-6H3,(H,29,33)(H,30,34). The average molecular weight is 557 g/mol. The minimum absolute atomic E-state index is 0.176. The first-order valence-corrected chi connectivity index (χ1v) is 14.0. The van der Waals surface area contributed by atoms with E-state index in [1.54, 1.807) is 23.6 Å². The molecule has 0 atom stereocenters. The van der Waals surface area contributed by atoms with Gasteiger partial charge in [-0.25, -0.2) is 0 Å². The molecule has 0 bridgehead atoms. The van der Waals surface area contributed by atoms with E-state index in [1.165, 1.54) is 0 Å². The number of hydrogen-bond acceptors (Lipinski definition) is 8. The summed E-state index contributed by atoms with van der Waals surface area (Å²) in [6, 6.07) is 4.10. The molecule has 0 aliphatic heterocycles. The molecule has 2 heterocycles. The fourth-order valence-corrected chi connectivity index (χ4v) is 6.08. The molecule has 10 nitrogen and oxygen atoms in total. The zero-order valence-electron chi connectivity index (χ0n) is 22.5. The molecule has 0 spiro atoms. The number of anilines is 2. The van der Waals surface area contributed by atoms with Gasteiger partial charge < -0.3 is 20.4 Å². The third-order valence-electron chi connectivity index (χ3n) is 6.09. The predicted molar refractivity (Wildman–Crippen MR) is 149 cm³/mol. The van der Waals surface area contributed by atoms with Gasteiger partial charge in [0.05, 0.1) is 20.9 Å². The first kappa shape index (κ1) is 30.5. The topological polar surface area (TPSA) is 146 Å². The molecule has 2 N–H and O–H groups in total. The third-order valence-corrected chi connectivity index (χ3v) is 8.48. The van der Waals surface area contributed by atoms with E-state index in [4.69, 9.17) is 0 Å². The number of hydrogen-bond donors (Lipinski definition) is 2. The molecule has 0 radical (unpaired) electrons. The highest BCUT2D eigenvalue weighted by molar-refractivity contribution is 7.19. The molecule has 2 rings (SSSR count). The Balaban J connectivity index is 2.11. The number of thiophene rings is 2. The second kappa shape index (κ2) is 13.7. The molecule has 2 aromatic heterocycles. The van der Waals surface area contributed by atoms with Gasteiger partial charge in [0.25, 0.3) is 11.8 Å². The third kappa shape index (κ3) is 6.57. The number of nitrogens with zero attached hydrogens (tertiary/aromatic N) is 4. The van der Waals surface area contributed by atoms with Crippen molar-refractivity contribution in [3.63, 3.8) is 0 Å². The molecule has 202 valence electrons. The maximum atomic E-state index is 12.8. The van der Waals surface area contributed by atoms with E-state index >= 15 is 0 Å². The van der Waals surface area contributed by atoms with Gasteiger partial charge in [0, 0.05) is 39.0 Å². The summed E-state index contributed by atoms with van der Waals surface area (Å²) < 4.78 is 0. The van der Waals surface area contributed by atoms with E-state index in [0.717, 1.165) is 22.7 Å². The number of carbonyl (C=O) groups is 4. The van der Waals surface area contributed by atoms with Crippen molar-refractivity contribution in [3.05, 3.63) is 32.0 Å². The van der Waals surface area contributed by atoms with Gasteiger partial charge in [-0.15, -0.1) is 22.7 Å². The molecule has 12 heteroatoms. The Bertz CT molecular complexity index is 1210. The van der Waals surface area contributed by atoms with E-state index in [2.05, 4.69) is 10.6 Å². The molecule has 0 saturated carbocycles. The highest BCUT2D eigenvalue weighted by Crippen LogP contribution is 2.35. The van der Waals surface area contributed by atoms with Crippen molar-refractivity contribution >= 4 is 56.3 Å². The zero-order chi connectivity index (χ0) is 28.6. The van der Waals surface area contributed by atoms with Crippen molar-refractivity contribution in [3.8, 4) is 12.1 Å². The predicted octanol–water partition coefficient (Wildman–Crippen LogP) is 4.49. The van der Waals surface area contributed by atoms with Crippen LogP contribution in [-0.4, -0.2) is 59.6 Å². The first-order valence-electron chi connectivity index (χ1n) is 12.3. The van der Waals surface area contributed by atoms with Crippen LogP contribution in [0.15, 0.2) is 0 Å². The largest absolute Gasteiger partial charge is 0.338 e. The second-order valence-electron chi connectivity index (χ2n) is 8.30. The summed E-state index contributed by atoms with van der Waals surface area (Å²) in [6.07, 6.45) is -0.352. The smallest absolute Gasteiger partial charge is 0.264 e. The van der Waals surface area contributed by atoms with Crippen LogP contribution in [0, 0.1) is 36.5 Å². The molecule has 0 unspecified atom stereocenters. The minimum atomic E-state index is -0.486. The lowest BCUT2D eigenvalue weighted by molar-refractivity contribution is -0.121. The molecule has 0 aliphatic carbocycles. The Morgan fingerprint density at radius 3 is 1.26 bits per heavy atom. The van der Waals surface area contributed by atoms with Crippen LogP contribution < -0.4 is 10.6 Å². The summed E-state index contributed by atoms with van der Waals surface area (Å²) in [7, 11) is 0. The molecule has 0 aromatic carbocycles. The van der Waals surface area contributed by atoms with Crippen LogP contribution >= 0.6 is 22.7 Å². The number of nitriles is 2. The SMILES string of the molecule is CCN(CC)C(=O)c1sc(NC(=O)CCC(=O)Nc2sc(C(=O)N(CC)CC)c(C)c2C#N)c(C#N)c1C. The lowest BCUT2D eigenvalue weighted by Gasteiger charge is -2.17. The van der Waals surface area contributed by atoms with Crippen LogP contribution in [0.4, 0.5) is 10.0 Å². The van der Waals surface area contributed by atoms with E-state index in [1.807, 2.05) is 39.8 Å². The van der Waals surface area contributed by atoms with Gasteiger partial charge >= 0.3 is 0 Å². The molecule has 2 aromatic rings. The highest BCUT2D eigenvalue weighted by Gasteiger charge is 2.26. The van der Waals surface area contributed by atoms with E-state index in [0.29, 0.717) is 47.1 Å². The Labute approximate surface area is 230 Å². The van der Waals surface area contributed by atoms with Crippen molar-refractivity contribution in [2.75, 3.05) is 36.8 Å². The van der Waals surface area contributed by atoms with Gasteiger partial charge in [0.15, 0.2) is 0 Å². The number of amides is 4. The van der Waals surface area contributed by atoms with Gasteiger partial charge in [-0.05, 0) is 52.7 Å². The van der Waals surface area contributed by atoms with Crippen LogP contribution in [0.25, 0.3) is 0 Å². The summed E-state index contributed by atoms with van der Waals surface area (Å²) in [6.45, 7) is 12.9. The quantitative estimate of drug-likeness (QED) is 0.417. The van der Waals surface area contributed by atoms with Crippen molar-refractivity contribution in [1.82, 2.24) is 9.80 Å². The second-order valence-corrected chi connectivity index (χ2v) is 10.3. The van der Waals surface area contributed by atoms with Crippen molar-refractivity contribution in [1.29, 1.82) is 10.5 Å². The average Bonchev–Trinajstić information content (AvgIpc) is 3.38. The summed E-state index contributed by atoms with van der Waals surface area (Å²) >= 11 is 2.09. The normalized spacial score (nSPS) is 10.3. The molecular formula is C26H32N6O4S2. The lowest BCUT2D eigenvalue weighted by atomic mass is 10.1. The molecular weight excluding hydrogens is 524 g/mol. The van der Waals surface area contributed by atoms with Gasteiger partial charge in [-0.2, -0.15) is 10.5 Å². The van der Waals surface area contributed by atoms with E-state index < -0.39 is 11.8 Å². The Morgan fingerprint density at radius 2 is 1.00 bits per heavy atom. The number of carbonyl (C=O) groups excluding carboxylic acids is 4. The Kier molecular flexibility index (Phi) is 11.0. The van der Waals surface area contributed by atoms with Crippen LogP contribution in [0.3, 0.4) is 0 Å². The van der Waals surface area contributed by atoms with Crippen LogP contribution in [0.5, 0.6) is 0 Å². The minimum Gasteiger partial charge on any atom is -0.338 e. The fraction of sp³-hybridized carbons (Fsp3) is 0.462. The van der Waals surface area contributed by atoms with Crippen LogP contribution in [0.2, 0.25) is 0 Å². The van der Waals surface area contributed by atoms with Gasteiger partial charge in [0.1, 0.15) is 22.1 Å². The monoisotopic (exact) mass is 556 g/mol. The molecule has 4 amide bonds. The van der Waals surface area contributed by atoms with Crippen molar-refractivity contribution in [2.45, 2.75) is 54.4 Å². The Morgan fingerprint density at radius 1 is 0.684 bits per heavy atom. The van der Waals surface area contributed by atoms with Crippen molar-refractivity contribution in [2.24, 2.45) is 0 Å². The van der Waals surface area contributed by atoms with Crippen molar-refractivity contribution < 1.29 is 19.2 Å². The van der Waals surface area contributed by atoms with E-state index in [9.17, 15) is 29.7 Å². The number of nitrogens with one attached hydrogen (secondary N) is 2. The zero-order valence-corrected chi connectivity index (χ0v) is 24.1. The highest BCUT2D eigenvalue weighted by atomic mass is 32.1. The van der Waals surface area contributed by atoms with Gasteiger partial charge in [-0.3, -0.25) is 19.2 Å². The maximum absolute atomic E-state index is 12.8. The summed E-state index contributed by atoms with van der Waals surface area (Å²) in [4.78, 5) is 54.8. The molecule has 38 heavy (non-hydrogen) atoms. The van der Waals surface area contributed by atoms with Crippen LogP contribution in [0.1, 0.15) is 82.1 Å². The Hall–Kier alpha value is -3.74. The first-order chi connectivity index (χ1) is 18.1. The van der Waals surface area contributed by atoms with E-state index in [-0.39, 0.29) is 45.8 Å². The van der Waals surface area contributed by atoms with Crippen LogP contribution in [-0.2, 0) is 9.59 Å². The molecule has 0 saturated heterocycles. The van der Waals surface area contributed by atoms with Gasteiger partial charge in [0.2, 0.25) is 11.8 Å². The summed E-state index contributed by atoms with van der Waals surface area (Å²) in [5.74, 6) is -1.38. The van der Waals surface area contributed by atoms with Gasteiger partial charge in [-0.1, -0.05) is 0 Å². The fourth-order valence-electron chi connectivity index (χ4n) is 3.79. The molecule has 0 aliphatic rings. The lowest BCUT2D eigenvalue weighted by Crippen LogP contribution is -2.30. The maximum Gasteiger partial charge on any atom is 0.264 e. The summed E-state index contributed by atoms with van der Waals surface area (Å²) in [5, 5.41) is 25.0. The molecule has 0 fully saturated rings. The number of rotatable bonds is 11. The summed E-state index contributed by atoms with van der Waals surface area (Å²) in [5.41, 5.74) is 1.46.